The maximum absolute atomic E-state index is 12.2. The van der Waals surface area contributed by atoms with E-state index in [1.165, 1.54) is 30.3 Å². The molecule has 2 aromatic carbocycles. The molecule has 20 heavy (non-hydrogen) atoms. The number of halogens is 3. The van der Waals surface area contributed by atoms with E-state index in [0.29, 0.717) is 11.1 Å². The third-order valence-corrected chi connectivity index (χ3v) is 3.30. The van der Waals surface area contributed by atoms with Crippen LogP contribution in [-0.4, -0.2) is 16.6 Å². The van der Waals surface area contributed by atoms with Gasteiger partial charge in [-0.25, -0.2) is 4.79 Å². The van der Waals surface area contributed by atoms with E-state index in [0.717, 1.165) is 0 Å². The summed E-state index contributed by atoms with van der Waals surface area (Å²) in [6.07, 6.45) is 0. The molecule has 6 heteroatoms. The minimum absolute atomic E-state index is 0.0639. The van der Waals surface area contributed by atoms with Gasteiger partial charge in [-0.1, -0.05) is 30.3 Å². The van der Waals surface area contributed by atoms with Crippen LogP contribution in [0.2, 0.25) is 0 Å². The molecule has 0 unspecified atom stereocenters. The minimum Gasteiger partial charge on any atom is -0.478 e. The zero-order chi connectivity index (χ0) is 14.8. The zero-order valence-corrected chi connectivity index (χ0v) is 10.8. The molecule has 0 aromatic heterocycles. The highest BCUT2D eigenvalue weighted by molar-refractivity contribution is 8.00. The molecule has 0 radical (unpaired) electrons. The highest BCUT2D eigenvalue weighted by Gasteiger charge is 2.29. The first-order valence-electron chi connectivity index (χ1n) is 5.55. The van der Waals surface area contributed by atoms with E-state index < -0.39 is 11.5 Å². The monoisotopic (exact) mass is 298 g/mol. The van der Waals surface area contributed by atoms with Crippen LogP contribution in [0.1, 0.15) is 10.4 Å². The van der Waals surface area contributed by atoms with Crippen molar-refractivity contribution < 1.29 is 23.1 Å². The van der Waals surface area contributed by atoms with Crippen molar-refractivity contribution in [2.75, 3.05) is 0 Å². The van der Waals surface area contributed by atoms with Crippen molar-refractivity contribution in [3.8, 4) is 11.1 Å². The predicted molar refractivity (Wildman–Crippen MR) is 70.7 cm³/mol. The molecule has 0 aliphatic rings. The molecule has 1 N–H and O–H groups in total. The fourth-order valence-electron chi connectivity index (χ4n) is 1.76. The summed E-state index contributed by atoms with van der Waals surface area (Å²) in [5.41, 5.74) is -3.18. The largest absolute Gasteiger partial charge is 0.478 e. The van der Waals surface area contributed by atoms with Crippen LogP contribution < -0.4 is 0 Å². The Kier molecular flexibility index (Phi) is 4.04. The Balaban J connectivity index is 2.33. The summed E-state index contributed by atoms with van der Waals surface area (Å²) < 4.78 is 36.7. The van der Waals surface area contributed by atoms with Gasteiger partial charge in [0.2, 0.25) is 0 Å². The fourth-order valence-corrected chi connectivity index (χ4v) is 2.30. The SMILES string of the molecule is O=C(O)c1ccccc1-c1ccc(SC(F)(F)F)cc1. The Morgan fingerprint density at radius 3 is 2.15 bits per heavy atom. The average Bonchev–Trinajstić information content (AvgIpc) is 2.38. The smallest absolute Gasteiger partial charge is 0.446 e. The van der Waals surface area contributed by atoms with Gasteiger partial charge in [-0.2, -0.15) is 13.2 Å². The van der Waals surface area contributed by atoms with Gasteiger partial charge in [-0.05, 0) is 41.1 Å². The molecule has 2 rings (SSSR count). The van der Waals surface area contributed by atoms with Crippen LogP contribution >= 0.6 is 11.8 Å². The van der Waals surface area contributed by atoms with Crippen molar-refractivity contribution >= 4 is 17.7 Å². The van der Waals surface area contributed by atoms with Crippen LogP contribution in [0.5, 0.6) is 0 Å². The van der Waals surface area contributed by atoms with Crippen LogP contribution in [0, 0.1) is 0 Å². The van der Waals surface area contributed by atoms with E-state index in [2.05, 4.69) is 0 Å². The molecule has 0 heterocycles. The van der Waals surface area contributed by atoms with Crippen LogP contribution in [-0.2, 0) is 0 Å². The zero-order valence-electron chi connectivity index (χ0n) is 10.0. The summed E-state index contributed by atoms with van der Waals surface area (Å²) in [5, 5.41) is 9.08. The number of carboxylic acid groups (broad SMARTS) is 1. The van der Waals surface area contributed by atoms with Crippen molar-refractivity contribution in [1.82, 2.24) is 0 Å². The van der Waals surface area contributed by atoms with E-state index in [1.807, 2.05) is 0 Å². The molecule has 2 nitrogen and oxygen atoms in total. The topological polar surface area (TPSA) is 37.3 Å². The number of rotatable bonds is 3. The molecule has 0 amide bonds. The number of hydrogen-bond acceptors (Lipinski definition) is 2. The number of carboxylic acids is 1. The lowest BCUT2D eigenvalue weighted by Gasteiger charge is -2.08. The van der Waals surface area contributed by atoms with Crippen LogP contribution in [0.3, 0.4) is 0 Å². The molecule has 0 atom stereocenters. The molecule has 104 valence electrons. The van der Waals surface area contributed by atoms with Gasteiger partial charge in [0.05, 0.1) is 5.56 Å². The molecule has 0 fully saturated rings. The van der Waals surface area contributed by atoms with Crippen molar-refractivity contribution in [2.24, 2.45) is 0 Å². The predicted octanol–water partition coefficient (Wildman–Crippen LogP) is 4.66. The Bertz CT molecular complexity index is 621. The summed E-state index contributed by atoms with van der Waals surface area (Å²) in [6.45, 7) is 0. The Labute approximate surface area is 117 Å². The second-order valence-corrected chi connectivity index (χ2v) is 5.06. The van der Waals surface area contributed by atoms with Crippen molar-refractivity contribution in [1.29, 1.82) is 0 Å². The van der Waals surface area contributed by atoms with E-state index in [4.69, 9.17) is 5.11 Å². The molecule has 0 aliphatic carbocycles. The quantitative estimate of drug-likeness (QED) is 0.837. The maximum Gasteiger partial charge on any atom is 0.446 e. The van der Waals surface area contributed by atoms with Crippen LogP contribution in [0.15, 0.2) is 53.4 Å². The van der Waals surface area contributed by atoms with E-state index in [-0.39, 0.29) is 22.2 Å². The highest BCUT2D eigenvalue weighted by atomic mass is 32.2. The van der Waals surface area contributed by atoms with E-state index >= 15 is 0 Å². The first-order chi connectivity index (χ1) is 9.37. The van der Waals surface area contributed by atoms with Gasteiger partial charge >= 0.3 is 11.5 Å². The number of benzene rings is 2. The lowest BCUT2D eigenvalue weighted by Crippen LogP contribution is -2.00. The molecular weight excluding hydrogens is 289 g/mol. The van der Waals surface area contributed by atoms with Crippen molar-refractivity contribution in [3.05, 3.63) is 54.1 Å². The lowest BCUT2D eigenvalue weighted by molar-refractivity contribution is -0.0328. The molecular formula is C14H9F3O2S. The van der Waals surface area contributed by atoms with Gasteiger partial charge < -0.3 is 5.11 Å². The number of hydrogen-bond donors (Lipinski definition) is 1. The summed E-state index contributed by atoms with van der Waals surface area (Å²) in [7, 11) is 0. The van der Waals surface area contributed by atoms with Gasteiger partial charge in [-0.15, -0.1) is 0 Å². The maximum atomic E-state index is 12.2. The first-order valence-corrected chi connectivity index (χ1v) is 6.37. The number of aromatic carboxylic acids is 1. The average molecular weight is 298 g/mol. The molecule has 0 saturated carbocycles. The highest BCUT2D eigenvalue weighted by Crippen LogP contribution is 2.37. The second-order valence-electron chi connectivity index (χ2n) is 3.92. The van der Waals surface area contributed by atoms with Gasteiger partial charge in [0.15, 0.2) is 0 Å². The Morgan fingerprint density at radius 2 is 1.60 bits per heavy atom. The summed E-state index contributed by atoms with van der Waals surface area (Å²) in [4.78, 5) is 11.2. The van der Waals surface area contributed by atoms with Crippen molar-refractivity contribution in [2.45, 2.75) is 10.4 Å². The normalized spacial score (nSPS) is 11.3. The van der Waals surface area contributed by atoms with Crippen LogP contribution in [0.25, 0.3) is 11.1 Å². The van der Waals surface area contributed by atoms with Gasteiger partial charge in [0, 0.05) is 4.90 Å². The molecule has 0 saturated heterocycles. The lowest BCUT2D eigenvalue weighted by atomic mass is 10.00. The molecule has 0 spiro atoms. The number of thioether (sulfide) groups is 1. The van der Waals surface area contributed by atoms with E-state index in [9.17, 15) is 18.0 Å². The standard InChI is InChI=1S/C14H9F3O2S/c15-14(16,17)20-10-7-5-9(6-8-10)11-3-1-2-4-12(11)13(18)19/h1-8H,(H,18,19). The molecule has 0 aliphatic heterocycles. The van der Waals surface area contributed by atoms with E-state index in [1.54, 1.807) is 18.2 Å². The molecule has 2 aromatic rings. The third-order valence-electron chi connectivity index (χ3n) is 2.56. The first kappa shape index (κ1) is 14.5. The second kappa shape index (κ2) is 5.58. The number of carbonyl (C=O) groups is 1. The Morgan fingerprint density at radius 1 is 1.00 bits per heavy atom. The fraction of sp³-hybridized carbons (Fsp3) is 0.0714. The van der Waals surface area contributed by atoms with Gasteiger partial charge in [0.25, 0.3) is 0 Å². The summed E-state index contributed by atoms with van der Waals surface area (Å²) in [5.74, 6) is -1.07. The van der Waals surface area contributed by atoms with Crippen molar-refractivity contribution in [3.63, 3.8) is 0 Å². The minimum atomic E-state index is -4.33. The summed E-state index contributed by atoms with van der Waals surface area (Å²) in [6, 6.07) is 12.0. The Hall–Kier alpha value is -1.95. The molecule has 0 bridgehead atoms. The summed E-state index contributed by atoms with van der Waals surface area (Å²) >= 11 is -0.201. The van der Waals surface area contributed by atoms with Crippen LogP contribution in [0.4, 0.5) is 13.2 Å². The van der Waals surface area contributed by atoms with Gasteiger partial charge in [0.1, 0.15) is 0 Å². The van der Waals surface area contributed by atoms with Gasteiger partial charge in [-0.3, -0.25) is 0 Å². The number of alkyl halides is 3. The third kappa shape index (κ3) is 3.54.